The van der Waals surface area contributed by atoms with Crippen molar-refractivity contribution < 1.29 is 13.2 Å². The molecule has 0 aliphatic heterocycles. The fraction of sp³-hybridized carbons (Fsp3) is 0.400. The fourth-order valence-corrected chi connectivity index (χ4v) is 2.11. The largest absolute Gasteiger partial charge is 0.418 e. The Morgan fingerprint density at radius 2 is 1.95 bits per heavy atom. The number of aryl methyl sites for hydroxylation is 1. The molecule has 0 aliphatic rings. The molecule has 0 amide bonds. The first-order chi connectivity index (χ1) is 9.93. The van der Waals surface area contributed by atoms with Crippen molar-refractivity contribution in [1.29, 1.82) is 0 Å². The molecule has 0 aliphatic carbocycles. The van der Waals surface area contributed by atoms with Crippen LogP contribution in [0.4, 0.5) is 19.1 Å². The van der Waals surface area contributed by atoms with Gasteiger partial charge in [-0.25, -0.2) is 4.98 Å². The van der Waals surface area contributed by atoms with E-state index in [1.165, 1.54) is 16.7 Å². The Morgan fingerprint density at radius 1 is 1.24 bits per heavy atom. The first kappa shape index (κ1) is 15.4. The molecule has 114 valence electrons. The first-order valence-electron chi connectivity index (χ1n) is 6.90. The Labute approximate surface area is 121 Å². The predicted molar refractivity (Wildman–Crippen MR) is 76.7 cm³/mol. The maximum Gasteiger partial charge on any atom is 0.418 e. The molecule has 0 radical (unpaired) electrons. The molecule has 2 aromatic rings. The summed E-state index contributed by atoms with van der Waals surface area (Å²) in [5.74, 6) is 0.442. The summed E-state index contributed by atoms with van der Waals surface area (Å²) >= 11 is 0. The van der Waals surface area contributed by atoms with Crippen molar-refractivity contribution in [2.24, 2.45) is 0 Å². The van der Waals surface area contributed by atoms with E-state index >= 15 is 0 Å². The first-order valence-corrected chi connectivity index (χ1v) is 6.90. The van der Waals surface area contributed by atoms with Crippen LogP contribution in [0.25, 0.3) is 5.69 Å². The van der Waals surface area contributed by atoms with Gasteiger partial charge in [-0.2, -0.15) is 13.2 Å². The minimum absolute atomic E-state index is 0.0876. The lowest BCUT2D eigenvalue weighted by molar-refractivity contribution is -0.137. The number of nitrogens with one attached hydrogen (secondary N) is 1. The number of nitrogens with zero attached hydrogens (tertiary/aromatic N) is 2. The van der Waals surface area contributed by atoms with Crippen molar-refractivity contribution in [2.45, 2.75) is 32.9 Å². The lowest BCUT2D eigenvalue weighted by Gasteiger charge is -2.15. The predicted octanol–water partition coefficient (Wildman–Crippen LogP) is 4.41. The highest BCUT2D eigenvalue weighted by atomic mass is 19.4. The number of hydrogen-bond donors (Lipinski definition) is 1. The van der Waals surface area contributed by atoms with Gasteiger partial charge in [-0.3, -0.25) is 4.57 Å². The number of alkyl halides is 3. The molecule has 0 fully saturated rings. The Balaban J connectivity index is 2.43. The minimum atomic E-state index is -4.39. The van der Waals surface area contributed by atoms with Gasteiger partial charge < -0.3 is 5.32 Å². The lowest BCUT2D eigenvalue weighted by Crippen LogP contribution is -2.13. The van der Waals surface area contributed by atoms with Gasteiger partial charge in [-0.15, -0.1) is 0 Å². The molecule has 0 bridgehead atoms. The number of benzene rings is 1. The maximum absolute atomic E-state index is 13.1. The average molecular weight is 297 g/mol. The molecule has 1 N–H and O–H groups in total. The molecule has 1 heterocycles. The summed E-state index contributed by atoms with van der Waals surface area (Å²) in [4.78, 5) is 4.27. The van der Waals surface area contributed by atoms with Crippen LogP contribution in [0, 0.1) is 6.92 Å². The van der Waals surface area contributed by atoms with Gasteiger partial charge >= 0.3 is 6.18 Å². The van der Waals surface area contributed by atoms with E-state index in [2.05, 4.69) is 17.2 Å². The molecular formula is C15H18F3N3. The van der Waals surface area contributed by atoms with Gasteiger partial charge in [0.25, 0.3) is 0 Å². The second kappa shape index (κ2) is 6.20. The van der Waals surface area contributed by atoms with Crippen LogP contribution in [0.3, 0.4) is 0 Å². The lowest BCUT2D eigenvalue weighted by atomic mass is 10.1. The number of hydrogen-bond acceptors (Lipinski definition) is 2. The standard InChI is InChI=1S/C15H18F3N3/c1-3-4-9-19-14-20-11(2)10-21(14)13-8-6-5-7-12(13)15(16,17)18/h5-8,10H,3-4,9H2,1-2H3,(H,19,20). The van der Waals surface area contributed by atoms with Gasteiger partial charge in [0.15, 0.2) is 0 Å². The van der Waals surface area contributed by atoms with Crippen molar-refractivity contribution in [3.05, 3.63) is 41.7 Å². The zero-order valence-electron chi connectivity index (χ0n) is 12.0. The Morgan fingerprint density at radius 3 is 2.62 bits per heavy atom. The van der Waals surface area contributed by atoms with E-state index in [-0.39, 0.29) is 5.69 Å². The molecule has 0 spiro atoms. The van der Waals surface area contributed by atoms with Crippen molar-refractivity contribution in [2.75, 3.05) is 11.9 Å². The van der Waals surface area contributed by atoms with E-state index in [4.69, 9.17) is 0 Å². The van der Waals surface area contributed by atoms with E-state index in [1.54, 1.807) is 19.2 Å². The maximum atomic E-state index is 13.1. The number of anilines is 1. The van der Waals surface area contributed by atoms with Crippen LogP contribution < -0.4 is 5.32 Å². The fourth-order valence-electron chi connectivity index (χ4n) is 2.11. The van der Waals surface area contributed by atoms with Crippen LogP contribution in [-0.2, 0) is 6.18 Å². The summed E-state index contributed by atoms with van der Waals surface area (Å²) in [7, 11) is 0. The second-order valence-electron chi connectivity index (χ2n) is 4.87. The van der Waals surface area contributed by atoms with Crippen molar-refractivity contribution >= 4 is 5.95 Å². The highest BCUT2D eigenvalue weighted by molar-refractivity contribution is 5.49. The number of unbranched alkanes of at least 4 members (excludes halogenated alkanes) is 1. The molecule has 0 atom stereocenters. The quantitative estimate of drug-likeness (QED) is 0.828. The van der Waals surface area contributed by atoms with Crippen molar-refractivity contribution in [3.8, 4) is 5.69 Å². The zero-order chi connectivity index (χ0) is 15.5. The van der Waals surface area contributed by atoms with Crippen LogP contribution >= 0.6 is 0 Å². The SMILES string of the molecule is CCCCNc1nc(C)cn1-c1ccccc1C(F)(F)F. The van der Waals surface area contributed by atoms with Crippen LogP contribution in [0.1, 0.15) is 31.0 Å². The highest BCUT2D eigenvalue weighted by Crippen LogP contribution is 2.34. The van der Waals surface area contributed by atoms with E-state index in [0.29, 0.717) is 18.2 Å². The summed E-state index contributed by atoms with van der Waals surface area (Å²) in [6.07, 6.45) is -0.840. The van der Waals surface area contributed by atoms with Crippen LogP contribution in [0.2, 0.25) is 0 Å². The number of rotatable bonds is 5. The van der Waals surface area contributed by atoms with E-state index in [0.717, 1.165) is 18.9 Å². The van der Waals surface area contributed by atoms with Gasteiger partial charge in [0.1, 0.15) is 0 Å². The Hall–Kier alpha value is -1.98. The minimum Gasteiger partial charge on any atom is -0.355 e. The van der Waals surface area contributed by atoms with Crippen molar-refractivity contribution in [3.63, 3.8) is 0 Å². The summed E-state index contributed by atoms with van der Waals surface area (Å²) in [6, 6.07) is 5.52. The van der Waals surface area contributed by atoms with Gasteiger partial charge in [0.2, 0.25) is 5.95 Å². The van der Waals surface area contributed by atoms with E-state index in [9.17, 15) is 13.2 Å². The molecule has 6 heteroatoms. The van der Waals surface area contributed by atoms with E-state index in [1.807, 2.05) is 0 Å². The van der Waals surface area contributed by atoms with Gasteiger partial charge in [-0.05, 0) is 25.5 Å². The molecule has 0 saturated heterocycles. The summed E-state index contributed by atoms with van der Waals surface area (Å²) in [5, 5.41) is 3.10. The number of aromatic nitrogens is 2. The Bertz CT molecular complexity index is 602. The van der Waals surface area contributed by atoms with E-state index < -0.39 is 11.7 Å². The van der Waals surface area contributed by atoms with Gasteiger partial charge in [0, 0.05) is 12.7 Å². The molecular weight excluding hydrogens is 279 g/mol. The third-order valence-corrected chi connectivity index (χ3v) is 3.11. The zero-order valence-corrected chi connectivity index (χ0v) is 12.0. The van der Waals surface area contributed by atoms with Crippen molar-refractivity contribution in [1.82, 2.24) is 9.55 Å². The number of halogens is 3. The number of para-hydroxylation sites is 1. The average Bonchev–Trinajstić information content (AvgIpc) is 2.79. The monoisotopic (exact) mass is 297 g/mol. The summed E-state index contributed by atoms with van der Waals surface area (Å²) in [6.45, 7) is 4.50. The molecule has 3 nitrogen and oxygen atoms in total. The summed E-state index contributed by atoms with van der Waals surface area (Å²) in [5.41, 5.74) is 0.0940. The van der Waals surface area contributed by atoms with Crippen LogP contribution in [-0.4, -0.2) is 16.1 Å². The highest BCUT2D eigenvalue weighted by Gasteiger charge is 2.34. The third kappa shape index (κ3) is 3.56. The van der Waals surface area contributed by atoms with Crippen LogP contribution in [0.15, 0.2) is 30.5 Å². The third-order valence-electron chi connectivity index (χ3n) is 3.11. The molecule has 2 rings (SSSR count). The van der Waals surface area contributed by atoms with Crippen LogP contribution in [0.5, 0.6) is 0 Å². The molecule has 21 heavy (non-hydrogen) atoms. The topological polar surface area (TPSA) is 29.9 Å². The number of imidazole rings is 1. The second-order valence-corrected chi connectivity index (χ2v) is 4.87. The normalized spacial score (nSPS) is 11.7. The smallest absolute Gasteiger partial charge is 0.355 e. The Kier molecular flexibility index (Phi) is 4.55. The molecule has 1 aromatic heterocycles. The van der Waals surface area contributed by atoms with Gasteiger partial charge in [-0.1, -0.05) is 25.5 Å². The summed E-state index contributed by atoms with van der Waals surface area (Å²) < 4.78 is 40.8. The molecule has 1 aromatic carbocycles. The van der Waals surface area contributed by atoms with Gasteiger partial charge in [0.05, 0.1) is 16.9 Å². The molecule has 0 unspecified atom stereocenters. The molecule has 0 saturated carbocycles.